The van der Waals surface area contributed by atoms with Crippen molar-refractivity contribution < 1.29 is 9.90 Å². The Morgan fingerprint density at radius 2 is 2.21 bits per heavy atom. The second kappa shape index (κ2) is 5.33. The number of hydrogen-bond acceptors (Lipinski definition) is 3. The molecule has 1 saturated heterocycles. The Bertz CT molecular complexity index is 481. The second-order valence-electron chi connectivity index (χ2n) is 5.40. The molecule has 0 aliphatic carbocycles. The summed E-state index contributed by atoms with van der Waals surface area (Å²) in [5.41, 5.74) is 3.52. The van der Waals surface area contributed by atoms with Crippen LogP contribution in [0.3, 0.4) is 0 Å². The van der Waals surface area contributed by atoms with E-state index in [4.69, 9.17) is 5.11 Å². The zero-order valence-electron chi connectivity index (χ0n) is 12.2. The Balaban J connectivity index is 2.19. The monoisotopic (exact) mass is 265 g/mol. The van der Waals surface area contributed by atoms with Crippen molar-refractivity contribution >= 4 is 5.97 Å². The fourth-order valence-corrected chi connectivity index (χ4v) is 3.15. The molecular formula is C14H23N3O2. The number of likely N-dealkylation sites (tertiary alicyclic amines) is 1. The van der Waals surface area contributed by atoms with Crippen LogP contribution in [0.25, 0.3) is 0 Å². The summed E-state index contributed by atoms with van der Waals surface area (Å²) in [7, 11) is 0. The van der Waals surface area contributed by atoms with Crippen LogP contribution >= 0.6 is 0 Å². The molecule has 19 heavy (non-hydrogen) atoms. The first-order chi connectivity index (χ1) is 8.95. The summed E-state index contributed by atoms with van der Waals surface area (Å²) in [5, 5.41) is 13.6. The quantitative estimate of drug-likeness (QED) is 0.904. The molecule has 5 nitrogen and oxygen atoms in total. The van der Waals surface area contributed by atoms with Gasteiger partial charge in [-0.05, 0) is 40.7 Å². The number of rotatable bonds is 4. The molecular weight excluding hydrogens is 242 g/mol. The summed E-state index contributed by atoms with van der Waals surface area (Å²) < 4.78 is 2.02. The van der Waals surface area contributed by atoms with Crippen LogP contribution in [-0.2, 0) is 11.3 Å². The van der Waals surface area contributed by atoms with E-state index in [-0.39, 0.29) is 12.0 Å². The van der Waals surface area contributed by atoms with E-state index < -0.39 is 5.97 Å². The molecule has 1 aliphatic rings. The number of aromatic nitrogens is 2. The molecule has 0 radical (unpaired) electrons. The molecule has 0 spiro atoms. The highest BCUT2D eigenvalue weighted by Gasteiger charge is 2.32. The van der Waals surface area contributed by atoms with Gasteiger partial charge in [0.05, 0.1) is 11.6 Å². The molecule has 2 atom stereocenters. The smallest absolute Gasteiger partial charge is 0.307 e. The largest absolute Gasteiger partial charge is 0.481 e. The number of carbonyl (C=O) groups is 1. The first-order valence-electron chi connectivity index (χ1n) is 6.96. The van der Waals surface area contributed by atoms with Crippen LogP contribution in [0, 0.1) is 19.8 Å². The number of nitrogens with zero attached hydrogens (tertiary/aromatic N) is 3. The van der Waals surface area contributed by atoms with Crippen LogP contribution in [0.4, 0.5) is 0 Å². The van der Waals surface area contributed by atoms with E-state index >= 15 is 0 Å². The molecule has 0 aromatic carbocycles. The third-order valence-electron chi connectivity index (χ3n) is 4.27. The summed E-state index contributed by atoms with van der Waals surface area (Å²) in [6, 6.07) is 0.240. The number of aliphatic carboxylic acids is 1. The van der Waals surface area contributed by atoms with Crippen LogP contribution in [0.5, 0.6) is 0 Å². The minimum Gasteiger partial charge on any atom is -0.481 e. The van der Waals surface area contributed by atoms with Crippen LogP contribution in [0.1, 0.15) is 43.3 Å². The van der Waals surface area contributed by atoms with Gasteiger partial charge in [0.2, 0.25) is 0 Å². The summed E-state index contributed by atoms with van der Waals surface area (Å²) in [5.74, 6) is -0.892. The molecule has 2 heterocycles. The SMILES string of the molecule is CCn1nc(C)c(C(C)N2CCC(C(=O)O)C2)c1C. The molecule has 0 saturated carbocycles. The zero-order valence-corrected chi connectivity index (χ0v) is 12.2. The predicted molar refractivity (Wildman–Crippen MR) is 73.1 cm³/mol. The fraction of sp³-hybridized carbons (Fsp3) is 0.714. The maximum absolute atomic E-state index is 11.0. The second-order valence-corrected chi connectivity index (χ2v) is 5.40. The third-order valence-corrected chi connectivity index (χ3v) is 4.27. The lowest BCUT2D eigenvalue weighted by molar-refractivity contribution is -0.141. The lowest BCUT2D eigenvalue weighted by atomic mass is 10.1. The van der Waals surface area contributed by atoms with Crippen LogP contribution < -0.4 is 0 Å². The molecule has 1 aromatic heterocycles. The van der Waals surface area contributed by atoms with E-state index in [1.165, 1.54) is 11.3 Å². The van der Waals surface area contributed by atoms with Gasteiger partial charge in [-0.2, -0.15) is 5.10 Å². The van der Waals surface area contributed by atoms with E-state index in [9.17, 15) is 4.79 Å². The third kappa shape index (κ3) is 2.52. The lowest BCUT2D eigenvalue weighted by Gasteiger charge is -2.24. The van der Waals surface area contributed by atoms with E-state index in [1.54, 1.807) is 0 Å². The highest BCUT2D eigenvalue weighted by atomic mass is 16.4. The summed E-state index contributed by atoms with van der Waals surface area (Å²) in [4.78, 5) is 13.3. The first kappa shape index (κ1) is 14.1. The molecule has 1 N–H and O–H groups in total. The van der Waals surface area contributed by atoms with Crippen LogP contribution in [-0.4, -0.2) is 38.8 Å². The minimum atomic E-state index is -0.674. The summed E-state index contributed by atoms with van der Waals surface area (Å²) >= 11 is 0. The molecule has 1 aromatic rings. The van der Waals surface area contributed by atoms with Crippen molar-refractivity contribution in [3.63, 3.8) is 0 Å². The molecule has 1 aliphatic heterocycles. The molecule has 0 amide bonds. The van der Waals surface area contributed by atoms with Crippen molar-refractivity contribution in [2.75, 3.05) is 13.1 Å². The number of aryl methyl sites for hydroxylation is 2. The van der Waals surface area contributed by atoms with Gasteiger partial charge in [0, 0.05) is 30.4 Å². The van der Waals surface area contributed by atoms with Crippen molar-refractivity contribution in [1.82, 2.24) is 14.7 Å². The average molecular weight is 265 g/mol. The Hall–Kier alpha value is -1.36. The Morgan fingerprint density at radius 3 is 2.68 bits per heavy atom. The fourth-order valence-electron chi connectivity index (χ4n) is 3.15. The number of hydrogen-bond donors (Lipinski definition) is 1. The van der Waals surface area contributed by atoms with E-state index in [0.717, 1.165) is 25.2 Å². The Labute approximate surface area is 114 Å². The van der Waals surface area contributed by atoms with Crippen molar-refractivity contribution in [3.05, 3.63) is 17.0 Å². The van der Waals surface area contributed by atoms with Gasteiger partial charge in [-0.1, -0.05) is 0 Å². The van der Waals surface area contributed by atoms with Gasteiger partial charge in [-0.25, -0.2) is 0 Å². The van der Waals surface area contributed by atoms with Crippen molar-refractivity contribution in [3.8, 4) is 0 Å². The molecule has 2 unspecified atom stereocenters. The van der Waals surface area contributed by atoms with Gasteiger partial charge in [-0.15, -0.1) is 0 Å². The average Bonchev–Trinajstić information content (AvgIpc) is 2.94. The van der Waals surface area contributed by atoms with Crippen molar-refractivity contribution in [2.24, 2.45) is 5.92 Å². The molecule has 0 bridgehead atoms. The Morgan fingerprint density at radius 1 is 1.53 bits per heavy atom. The van der Waals surface area contributed by atoms with Crippen LogP contribution in [0.15, 0.2) is 0 Å². The van der Waals surface area contributed by atoms with Gasteiger partial charge >= 0.3 is 5.97 Å². The van der Waals surface area contributed by atoms with Crippen LogP contribution in [0.2, 0.25) is 0 Å². The van der Waals surface area contributed by atoms with Crippen molar-refractivity contribution in [2.45, 2.75) is 46.7 Å². The number of carboxylic acid groups (broad SMARTS) is 1. The van der Waals surface area contributed by atoms with Gasteiger partial charge < -0.3 is 5.11 Å². The van der Waals surface area contributed by atoms with E-state index in [0.29, 0.717) is 6.54 Å². The molecule has 5 heteroatoms. The predicted octanol–water partition coefficient (Wildman–Crippen LogP) is 1.99. The standard InChI is InChI=1S/C14H23N3O2/c1-5-17-11(4)13(9(2)15-17)10(3)16-7-6-12(8-16)14(18)19/h10,12H,5-8H2,1-4H3,(H,18,19). The lowest BCUT2D eigenvalue weighted by Crippen LogP contribution is -2.27. The molecule has 106 valence electrons. The highest BCUT2D eigenvalue weighted by Crippen LogP contribution is 2.31. The maximum Gasteiger partial charge on any atom is 0.307 e. The van der Waals surface area contributed by atoms with Crippen molar-refractivity contribution in [1.29, 1.82) is 0 Å². The highest BCUT2D eigenvalue weighted by molar-refractivity contribution is 5.70. The molecule has 2 rings (SSSR count). The normalized spacial score (nSPS) is 21.8. The van der Waals surface area contributed by atoms with Gasteiger partial charge in [0.25, 0.3) is 0 Å². The first-order valence-corrected chi connectivity index (χ1v) is 6.96. The molecule has 1 fully saturated rings. The van der Waals surface area contributed by atoms with E-state index in [2.05, 4.69) is 30.8 Å². The Kier molecular flexibility index (Phi) is 3.94. The van der Waals surface area contributed by atoms with E-state index in [1.807, 2.05) is 11.6 Å². The maximum atomic E-state index is 11.0. The van der Waals surface area contributed by atoms with Gasteiger partial charge in [0.1, 0.15) is 0 Å². The van der Waals surface area contributed by atoms with Gasteiger partial charge in [-0.3, -0.25) is 14.4 Å². The number of carboxylic acids is 1. The minimum absolute atomic E-state index is 0.218. The topological polar surface area (TPSA) is 58.4 Å². The summed E-state index contributed by atoms with van der Waals surface area (Å²) in [6.07, 6.45) is 0.750. The zero-order chi connectivity index (χ0) is 14.2. The van der Waals surface area contributed by atoms with Gasteiger partial charge in [0.15, 0.2) is 0 Å². The summed E-state index contributed by atoms with van der Waals surface area (Å²) in [6.45, 7) is 10.7.